The molecule has 8 nitrogen and oxygen atoms in total. The first-order chi connectivity index (χ1) is 14.7. The largest absolute Gasteiger partial charge is 0.481 e. The van der Waals surface area contributed by atoms with Crippen LogP contribution in [0.25, 0.3) is 0 Å². The minimum atomic E-state index is -0.840. The van der Waals surface area contributed by atoms with E-state index in [1.165, 1.54) is 0 Å². The van der Waals surface area contributed by atoms with Crippen LogP contribution in [0.15, 0.2) is 42.7 Å². The number of carboxylic acid groups (broad SMARTS) is 1. The molecule has 0 spiro atoms. The fourth-order valence-corrected chi connectivity index (χ4v) is 3.70. The standard InChI is InChI=1S/C22H25N5O3/c28-22(29)12-16(15-3-1-8-23-14-15)11-18-13-21(27-26-18)30-10-7-17-5-6-19-20(25-17)4-2-9-24-19/h1,3,5-6,8,13-14,16,24H,2,4,7,9-12H2,(H,26,27)(H,28,29). The summed E-state index contributed by atoms with van der Waals surface area (Å²) in [5.41, 5.74) is 4.99. The molecular weight excluding hydrogens is 382 g/mol. The van der Waals surface area contributed by atoms with Crippen molar-refractivity contribution >= 4 is 11.7 Å². The van der Waals surface area contributed by atoms with Crippen molar-refractivity contribution in [3.63, 3.8) is 0 Å². The Kier molecular flexibility index (Phi) is 6.22. The summed E-state index contributed by atoms with van der Waals surface area (Å²) in [5.74, 6) is -0.518. The third-order valence-electron chi connectivity index (χ3n) is 5.20. The van der Waals surface area contributed by atoms with Gasteiger partial charge in [0, 0.05) is 48.7 Å². The highest BCUT2D eigenvalue weighted by Crippen LogP contribution is 2.24. The van der Waals surface area contributed by atoms with E-state index < -0.39 is 5.97 Å². The van der Waals surface area contributed by atoms with Gasteiger partial charge in [-0.3, -0.25) is 19.9 Å². The number of carbonyl (C=O) groups is 1. The summed E-state index contributed by atoms with van der Waals surface area (Å²) < 4.78 is 5.78. The third kappa shape index (κ3) is 5.14. The van der Waals surface area contributed by atoms with Crippen molar-refractivity contribution in [1.82, 2.24) is 20.2 Å². The summed E-state index contributed by atoms with van der Waals surface area (Å²) in [4.78, 5) is 20.1. The van der Waals surface area contributed by atoms with Crippen molar-refractivity contribution in [3.05, 3.63) is 65.4 Å². The van der Waals surface area contributed by atoms with Crippen LogP contribution in [0.2, 0.25) is 0 Å². The summed E-state index contributed by atoms with van der Waals surface area (Å²) in [7, 11) is 0. The monoisotopic (exact) mass is 407 g/mol. The van der Waals surface area contributed by atoms with Gasteiger partial charge in [-0.1, -0.05) is 6.07 Å². The van der Waals surface area contributed by atoms with E-state index in [1.54, 1.807) is 12.4 Å². The number of aromatic nitrogens is 4. The van der Waals surface area contributed by atoms with Crippen LogP contribution < -0.4 is 10.1 Å². The van der Waals surface area contributed by atoms with Crippen LogP contribution in [0.5, 0.6) is 5.88 Å². The first kappa shape index (κ1) is 19.9. The van der Waals surface area contributed by atoms with Crippen molar-refractivity contribution < 1.29 is 14.6 Å². The van der Waals surface area contributed by atoms with E-state index >= 15 is 0 Å². The van der Waals surface area contributed by atoms with Gasteiger partial charge in [0.05, 0.1) is 24.4 Å². The number of hydrogen-bond acceptors (Lipinski definition) is 6. The molecule has 156 valence electrons. The Bertz CT molecular complexity index is 989. The molecule has 0 saturated heterocycles. The summed E-state index contributed by atoms with van der Waals surface area (Å²) in [6.45, 7) is 1.48. The second-order valence-corrected chi connectivity index (χ2v) is 7.44. The summed E-state index contributed by atoms with van der Waals surface area (Å²) >= 11 is 0. The second kappa shape index (κ2) is 9.39. The van der Waals surface area contributed by atoms with Crippen LogP contribution in [0, 0.1) is 0 Å². The van der Waals surface area contributed by atoms with Crippen LogP contribution in [0.4, 0.5) is 5.69 Å². The lowest BCUT2D eigenvalue weighted by Gasteiger charge is -2.17. The molecule has 3 N–H and O–H groups in total. The molecule has 0 fully saturated rings. The van der Waals surface area contributed by atoms with E-state index in [4.69, 9.17) is 9.72 Å². The zero-order valence-electron chi connectivity index (χ0n) is 16.7. The van der Waals surface area contributed by atoms with Gasteiger partial charge in [-0.25, -0.2) is 0 Å². The van der Waals surface area contributed by atoms with Crippen molar-refractivity contribution in [2.75, 3.05) is 18.5 Å². The fourth-order valence-electron chi connectivity index (χ4n) is 3.70. The van der Waals surface area contributed by atoms with E-state index in [0.29, 0.717) is 25.3 Å². The number of hydrogen-bond donors (Lipinski definition) is 3. The predicted molar refractivity (Wildman–Crippen MR) is 112 cm³/mol. The topological polar surface area (TPSA) is 113 Å². The van der Waals surface area contributed by atoms with Gasteiger partial charge >= 0.3 is 5.97 Å². The van der Waals surface area contributed by atoms with Crippen LogP contribution in [0.1, 0.15) is 41.4 Å². The molecular formula is C22H25N5O3. The van der Waals surface area contributed by atoms with Gasteiger partial charge in [-0.05, 0) is 43.0 Å². The fraction of sp³-hybridized carbons (Fsp3) is 0.364. The molecule has 0 radical (unpaired) electrons. The quantitative estimate of drug-likeness (QED) is 0.500. The normalized spacial score (nSPS) is 13.9. The lowest BCUT2D eigenvalue weighted by atomic mass is 9.92. The maximum Gasteiger partial charge on any atom is 0.303 e. The van der Waals surface area contributed by atoms with Crippen molar-refractivity contribution in [2.45, 2.75) is 38.0 Å². The number of nitrogens with one attached hydrogen (secondary N) is 2. The summed E-state index contributed by atoms with van der Waals surface area (Å²) in [5, 5.41) is 19.8. The van der Waals surface area contributed by atoms with E-state index in [9.17, 15) is 9.90 Å². The number of H-pyrrole nitrogens is 1. The number of nitrogens with zero attached hydrogens (tertiary/aromatic N) is 3. The Morgan fingerprint density at radius 3 is 3.07 bits per heavy atom. The zero-order chi connectivity index (χ0) is 20.8. The van der Waals surface area contributed by atoms with E-state index in [-0.39, 0.29) is 12.3 Å². The third-order valence-corrected chi connectivity index (χ3v) is 5.20. The first-order valence-electron chi connectivity index (χ1n) is 10.2. The van der Waals surface area contributed by atoms with E-state index in [1.807, 2.05) is 24.3 Å². The number of rotatable bonds is 9. The van der Waals surface area contributed by atoms with Crippen LogP contribution in [-0.4, -0.2) is 44.4 Å². The number of aliphatic carboxylic acids is 1. The van der Waals surface area contributed by atoms with Crippen molar-refractivity contribution in [1.29, 1.82) is 0 Å². The number of aromatic amines is 1. The van der Waals surface area contributed by atoms with Crippen molar-refractivity contribution in [2.24, 2.45) is 0 Å². The Hall–Kier alpha value is -3.42. The molecule has 1 unspecified atom stereocenters. The minimum Gasteiger partial charge on any atom is -0.481 e. The number of aryl methyl sites for hydroxylation is 1. The molecule has 8 heteroatoms. The molecule has 1 aliphatic heterocycles. The zero-order valence-corrected chi connectivity index (χ0v) is 16.7. The summed E-state index contributed by atoms with van der Waals surface area (Å²) in [6.07, 6.45) is 6.76. The van der Waals surface area contributed by atoms with Crippen LogP contribution >= 0.6 is 0 Å². The highest BCUT2D eigenvalue weighted by molar-refractivity contribution is 5.68. The molecule has 1 aliphatic rings. The molecule has 0 bridgehead atoms. The maximum absolute atomic E-state index is 11.3. The van der Waals surface area contributed by atoms with Gasteiger partial charge in [-0.15, -0.1) is 5.10 Å². The lowest BCUT2D eigenvalue weighted by Crippen LogP contribution is -2.14. The van der Waals surface area contributed by atoms with Crippen molar-refractivity contribution in [3.8, 4) is 5.88 Å². The minimum absolute atomic E-state index is 0.0275. The first-order valence-corrected chi connectivity index (χ1v) is 10.2. The Labute approximate surface area is 174 Å². The molecule has 0 aromatic carbocycles. The number of fused-ring (bicyclic) bond motifs is 1. The molecule has 4 heterocycles. The van der Waals surface area contributed by atoms with E-state index in [0.717, 1.165) is 47.7 Å². The molecule has 1 atom stereocenters. The number of carboxylic acids is 1. The van der Waals surface area contributed by atoms with Gasteiger partial charge in [-0.2, -0.15) is 0 Å². The van der Waals surface area contributed by atoms with Gasteiger partial charge in [0.15, 0.2) is 0 Å². The molecule has 0 saturated carbocycles. The van der Waals surface area contributed by atoms with Gasteiger partial charge < -0.3 is 15.2 Å². The van der Waals surface area contributed by atoms with Gasteiger partial charge in [0.2, 0.25) is 5.88 Å². The predicted octanol–water partition coefficient (Wildman–Crippen LogP) is 2.98. The van der Waals surface area contributed by atoms with Gasteiger partial charge in [0.1, 0.15) is 0 Å². The smallest absolute Gasteiger partial charge is 0.303 e. The molecule has 4 rings (SSSR count). The molecule has 3 aromatic rings. The maximum atomic E-state index is 11.3. The average molecular weight is 407 g/mol. The van der Waals surface area contributed by atoms with Crippen LogP contribution in [0.3, 0.4) is 0 Å². The Balaban J connectivity index is 1.33. The summed E-state index contributed by atoms with van der Waals surface area (Å²) in [6, 6.07) is 9.66. The molecule has 0 amide bonds. The highest BCUT2D eigenvalue weighted by Gasteiger charge is 2.18. The molecule has 30 heavy (non-hydrogen) atoms. The number of anilines is 1. The highest BCUT2D eigenvalue weighted by atomic mass is 16.5. The Morgan fingerprint density at radius 1 is 1.30 bits per heavy atom. The number of ether oxygens (including phenoxy) is 1. The lowest BCUT2D eigenvalue weighted by molar-refractivity contribution is -0.137. The Morgan fingerprint density at radius 2 is 2.23 bits per heavy atom. The molecule has 0 aliphatic carbocycles. The van der Waals surface area contributed by atoms with Crippen LogP contribution in [-0.2, 0) is 24.1 Å². The number of pyridine rings is 2. The average Bonchev–Trinajstić information content (AvgIpc) is 3.21. The van der Waals surface area contributed by atoms with Gasteiger partial charge in [0.25, 0.3) is 0 Å². The molecule has 3 aromatic heterocycles. The second-order valence-electron chi connectivity index (χ2n) is 7.44. The SMILES string of the molecule is O=C(O)CC(Cc1cc(OCCc2ccc3c(n2)CCCN3)n[nH]1)c1cccnc1. The van der Waals surface area contributed by atoms with E-state index in [2.05, 4.69) is 26.6 Å².